The predicted octanol–water partition coefficient (Wildman–Crippen LogP) is 3.18. The topological polar surface area (TPSA) is 72.7 Å². The normalized spacial score (nSPS) is 11.0. The zero-order chi connectivity index (χ0) is 17.6. The molecule has 0 spiro atoms. The molecule has 0 radical (unpaired) electrons. The van der Waals surface area contributed by atoms with Crippen molar-refractivity contribution in [3.05, 3.63) is 46.5 Å². The number of benzene rings is 1. The van der Waals surface area contributed by atoms with Crippen LogP contribution in [-0.4, -0.2) is 41.6 Å². The van der Waals surface area contributed by atoms with E-state index in [1.54, 1.807) is 6.92 Å². The Balaban J connectivity index is 3.16. The van der Waals surface area contributed by atoms with Crippen LogP contribution in [0.4, 0.5) is 18.9 Å². The quantitative estimate of drug-likeness (QED) is 0.437. The Labute approximate surface area is 130 Å². The first-order valence-electron chi connectivity index (χ1n) is 6.57. The Bertz CT molecular complexity index is 602. The molecule has 0 aliphatic carbocycles. The molecule has 9 heteroatoms. The fourth-order valence-electron chi connectivity index (χ4n) is 1.84. The molecule has 0 bridgehead atoms. The molecule has 0 unspecified atom stereocenters. The minimum atomic E-state index is -4.59. The third-order valence-corrected chi connectivity index (χ3v) is 2.71. The molecule has 23 heavy (non-hydrogen) atoms. The molecule has 0 fully saturated rings. The molecule has 126 valence electrons. The van der Waals surface area contributed by atoms with Gasteiger partial charge >= 0.3 is 11.9 Å². The van der Waals surface area contributed by atoms with Crippen LogP contribution >= 0.6 is 0 Å². The Kier molecular flexibility index (Phi) is 6.11. The molecule has 1 aromatic carbocycles. The fraction of sp³-hybridized carbons (Fsp3) is 0.357. The van der Waals surface area contributed by atoms with E-state index in [9.17, 15) is 28.1 Å². The number of ether oxygens (including phenoxy) is 1. The first-order valence-corrected chi connectivity index (χ1v) is 6.57. The molecule has 6 nitrogen and oxygen atoms in total. The summed E-state index contributed by atoms with van der Waals surface area (Å²) in [5.74, 6) is -1.03. The summed E-state index contributed by atoms with van der Waals surface area (Å²) in [6.45, 7) is 3.29. The highest BCUT2D eigenvalue weighted by atomic mass is 19.4. The molecule has 0 aliphatic heterocycles. The van der Waals surface area contributed by atoms with Crippen LogP contribution in [0.15, 0.2) is 30.9 Å². The maximum Gasteiger partial charge on any atom is 0.406 e. The van der Waals surface area contributed by atoms with Crippen molar-refractivity contribution in [2.75, 3.05) is 19.7 Å². The minimum absolute atomic E-state index is 0.0554. The van der Waals surface area contributed by atoms with E-state index in [-0.39, 0.29) is 24.5 Å². The number of alkyl halides is 3. The molecule has 0 aliphatic rings. The largest absolute Gasteiger partial charge is 0.487 e. The lowest BCUT2D eigenvalue weighted by Crippen LogP contribution is -2.39. The fourth-order valence-corrected chi connectivity index (χ4v) is 1.84. The van der Waals surface area contributed by atoms with Crippen molar-refractivity contribution in [3.63, 3.8) is 0 Å². The van der Waals surface area contributed by atoms with Crippen LogP contribution in [0.3, 0.4) is 0 Å². The molecule has 0 heterocycles. The molecule has 1 rings (SSSR count). The third-order valence-electron chi connectivity index (χ3n) is 2.71. The Morgan fingerprint density at radius 3 is 2.61 bits per heavy atom. The van der Waals surface area contributed by atoms with E-state index in [4.69, 9.17) is 4.74 Å². The van der Waals surface area contributed by atoms with Gasteiger partial charge in [0.2, 0.25) is 0 Å². The molecule has 0 aromatic heterocycles. The number of hydrogen-bond acceptors (Lipinski definition) is 4. The summed E-state index contributed by atoms with van der Waals surface area (Å²) < 4.78 is 42.6. The van der Waals surface area contributed by atoms with Gasteiger partial charge in [0.05, 0.1) is 11.5 Å². The monoisotopic (exact) mass is 332 g/mol. The lowest BCUT2D eigenvalue weighted by Gasteiger charge is -2.22. The number of nitrogens with zero attached hydrogens (tertiary/aromatic N) is 2. The Hall–Kier alpha value is -2.58. The predicted molar refractivity (Wildman–Crippen MR) is 76.4 cm³/mol. The van der Waals surface area contributed by atoms with E-state index in [1.807, 2.05) is 0 Å². The van der Waals surface area contributed by atoms with Crippen molar-refractivity contribution in [2.45, 2.75) is 13.1 Å². The SMILES string of the molecule is C=CCN(CC(F)(F)F)C(=O)c1ccc(OCC)c([N+](=O)[O-])c1. The van der Waals surface area contributed by atoms with Crippen molar-refractivity contribution in [3.8, 4) is 5.75 Å². The maximum absolute atomic E-state index is 12.5. The molecule has 1 amide bonds. The average Bonchev–Trinajstić information content (AvgIpc) is 2.45. The van der Waals surface area contributed by atoms with Gasteiger partial charge in [0.25, 0.3) is 5.91 Å². The maximum atomic E-state index is 12.5. The summed E-state index contributed by atoms with van der Waals surface area (Å²) in [4.78, 5) is 22.9. The van der Waals surface area contributed by atoms with Crippen LogP contribution < -0.4 is 4.74 Å². The van der Waals surface area contributed by atoms with Gasteiger partial charge < -0.3 is 9.64 Å². The average molecular weight is 332 g/mol. The highest BCUT2D eigenvalue weighted by Gasteiger charge is 2.33. The van der Waals surface area contributed by atoms with E-state index >= 15 is 0 Å². The van der Waals surface area contributed by atoms with E-state index in [2.05, 4.69) is 6.58 Å². The molecule has 0 atom stereocenters. The lowest BCUT2D eigenvalue weighted by atomic mass is 10.1. The molecular weight excluding hydrogens is 317 g/mol. The van der Waals surface area contributed by atoms with Gasteiger partial charge in [-0.1, -0.05) is 6.08 Å². The van der Waals surface area contributed by atoms with Crippen molar-refractivity contribution >= 4 is 11.6 Å². The second-order valence-electron chi connectivity index (χ2n) is 4.46. The number of rotatable bonds is 7. The van der Waals surface area contributed by atoms with Crippen LogP contribution in [0.1, 0.15) is 17.3 Å². The second-order valence-corrected chi connectivity index (χ2v) is 4.46. The van der Waals surface area contributed by atoms with Gasteiger partial charge in [-0.3, -0.25) is 14.9 Å². The molecule has 0 saturated carbocycles. The zero-order valence-corrected chi connectivity index (χ0v) is 12.3. The third kappa shape index (κ3) is 5.28. The molecule has 0 saturated heterocycles. The van der Waals surface area contributed by atoms with E-state index in [0.717, 1.165) is 12.1 Å². The summed E-state index contributed by atoms with van der Waals surface area (Å²) in [5.41, 5.74) is -0.713. The van der Waals surface area contributed by atoms with Gasteiger partial charge in [0.15, 0.2) is 5.75 Å². The number of carbonyl (C=O) groups excluding carboxylic acids is 1. The van der Waals surface area contributed by atoms with E-state index < -0.39 is 29.2 Å². The second kappa shape index (κ2) is 7.61. The van der Waals surface area contributed by atoms with Gasteiger partial charge in [-0.15, -0.1) is 6.58 Å². The zero-order valence-electron chi connectivity index (χ0n) is 12.3. The number of carbonyl (C=O) groups is 1. The van der Waals surface area contributed by atoms with Crippen molar-refractivity contribution < 1.29 is 27.6 Å². The van der Waals surface area contributed by atoms with Crippen LogP contribution in [0.5, 0.6) is 5.75 Å². The van der Waals surface area contributed by atoms with Gasteiger partial charge in [-0.25, -0.2) is 0 Å². The standard InChI is InChI=1S/C14H15F3N2O4/c1-3-7-18(9-14(15,16)17)13(20)10-5-6-12(23-4-2)11(8-10)19(21)22/h3,5-6,8H,1,4,7,9H2,2H3. The number of nitro groups is 1. The summed E-state index contributed by atoms with van der Waals surface area (Å²) >= 11 is 0. The molecule has 1 aromatic rings. The minimum Gasteiger partial charge on any atom is -0.487 e. The number of nitro benzene ring substituents is 1. The van der Waals surface area contributed by atoms with Gasteiger partial charge in [-0.2, -0.15) is 13.2 Å². The lowest BCUT2D eigenvalue weighted by molar-refractivity contribution is -0.385. The summed E-state index contributed by atoms with van der Waals surface area (Å²) in [6.07, 6.45) is -3.44. The molecule has 0 N–H and O–H groups in total. The smallest absolute Gasteiger partial charge is 0.406 e. The first-order chi connectivity index (χ1) is 10.7. The van der Waals surface area contributed by atoms with Gasteiger partial charge in [0.1, 0.15) is 6.54 Å². The van der Waals surface area contributed by atoms with Gasteiger partial charge in [-0.05, 0) is 19.1 Å². The number of hydrogen-bond donors (Lipinski definition) is 0. The number of halogens is 3. The highest BCUT2D eigenvalue weighted by Crippen LogP contribution is 2.29. The van der Waals surface area contributed by atoms with Crippen LogP contribution in [-0.2, 0) is 0 Å². The summed E-state index contributed by atoms with van der Waals surface area (Å²) in [7, 11) is 0. The number of amides is 1. The summed E-state index contributed by atoms with van der Waals surface area (Å²) in [5, 5.41) is 11.0. The van der Waals surface area contributed by atoms with Crippen molar-refractivity contribution in [1.82, 2.24) is 4.90 Å². The van der Waals surface area contributed by atoms with Crippen LogP contribution in [0, 0.1) is 10.1 Å². The van der Waals surface area contributed by atoms with E-state index in [0.29, 0.717) is 4.90 Å². The Morgan fingerprint density at radius 2 is 2.13 bits per heavy atom. The Morgan fingerprint density at radius 1 is 1.48 bits per heavy atom. The first kappa shape index (κ1) is 18.5. The van der Waals surface area contributed by atoms with Gasteiger partial charge in [0, 0.05) is 18.2 Å². The van der Waals surface area contributed by atoms with Crippen molar-refractivity contribution in [2.24, 2.45) is 0 Å². The molecular formula is C14H15F3N2O4. The van der Waals surface area contributed by atoms with Crippen LogP contribution in [0.25, 0.3) is 0 Å². The summed E-state index contributed by atoms with van der Waals surface area (Å²) in [6, 6.07) is 3.28. The van der Waals surface area contributed by atoms with E-state index in [1.165, 1.54) is 12.1 Å². The van der Waals surface area contributed by atoms with Crippen molar-refractivity contribution in [1.29, 1.82) is 0 Å². The highest BCUT2D eigenvalue weighted by molar-refractivity contribution is 5.95. The van der Waals surface area contributed by atoms with Crippen LogP contribution in [0.2, 0.25) is 0 Å².